The number of para-hydroxylation sites is 1. The van der Waals surface area contributed by atoms with Gasteiger partial charge in [0.15, 0.2) is 17.5 Å². The summed E-state index contributed by atoms with van der Waals surface area (Å²) in [5.41, 5.74) is 13.3. The fraction of sp³-hybridized carbons (Fsp3) is 0.0652. The van der Waals surface area contributed by atoms with Crippen molar-refractivity contribution >= 4 is 33.1 Å². The van der Waals surface area contributed by atoms with Crippen LogP contribution in [-0.4, -0.2) is 19.5 Å². The first-order chi connectivity index (χ1) is 24.8. The Labute approximate surface area is 290 Å². The SMILES string of the molecule is C1=C2c3c(cccc3-c3nc(-c4ccccc4)nc(-c4ccccc4)n3)CC2CC(n2c3ccccc3c3c(-c4ccccc4)cccc32)=C1. The van der Waals surface area contributed by atoms with Crippen molar-refractivity contribution in [3.63, 3.8) is 0 Å². The van der Waals surface area contributed by atoms with Gasteiger partial charge in [-0.3, -0.25) is 0 Å². The summed E-state index contributed by atoms with van der Waals surface area (Å²) in [6, 6.07) is 53.4. The normalized spacial score (nSPS) is 15.1. The second kappa shape index (κ2) is 11.6. The summed E-state index contributed by atoms with van der Waals surface area (Å²) < 4.78 is 2.50. The number of aromatic nitrogens is 4. The zero-order valence-corrected chi connectivity index (χ0v) is 27.4. The highest BCUT2D eigenvalue weighted by Gasteiger charge is 2.33. The van der Waals surface area contributed by atoms with E-state index in [4.69, 9.17) is 15.0 Å². The van der Waals surface area contributed by atoms with E-state index in [-0.39, 0.29) is 0 Å². The van der Waals surface area contributed by atoms with Crippen LogP contribution in [0.3, 0.4) is 0 Å². The van der Waals surface area contributed by atoms with Crippen molar-refractivity contribution < 1.29 is 0 Å². The van der Waals surface area contributed by atoms with E-state index in [9.17, 15) is 0 Å². The Hall–Kier alpha value is -6.39. The van der Waals surface area contributed by atoms with E-state index < -0.39 is 0 Å². The molecule has 0 saturated carbocycles. The molecule has 0 aliphatic heterocycles. The number of benzene rings is 6. The van der Waals surface area contributed by atoms with Gasteiger partial charge in [-0.25, -0.2) is 15.0 Å². The third kappa shape index (κ3) is 4.64. The minimum Gasteiger partial charge on any atom is -0.313 e. The molecule has 4 heteroatoms. The molecule has 2 heterocycles. The monoisotopic (exact) mass is 640 g/mol. The Morgan fingerprint density at radius 1 is 0.460 bits per heavy atom. The summed E-state index contributed by atoms with van der Waals surface area (Å²) >= 11 is 0. The third-order valence-corrected chi connectivity index (χ3v) is 10.3. The zero-order valence-electron chi connectivity index (χ0n) is 27.4. The summed E-state index contributed by atoms with van der Waals surface area (Å²) in [5.74, 6) is 2.44. The van der Waals surface area contributed by atoms with Gasteiger partial charge >= 0.3 is 0 Å². The minimum absolute atomic E-state index is 0.365. The molecule has 0 N–H and O–H groups in total. The first-order valence-electron chi connectivity index (χ1n) is 17.3. The first-order valence-corrected chi connectivity index (χ1v) is 17.3. The molecule has 0 amide bonds. The van der Waals surface area contributed by atoms with Crippen molar-refractivity contribution in [2.45, 2.75) is 12.8 Å². The topological polar surface area (TPSA) is 43.6 Å². The van der Waals surface area contributed by atoms with Crippen LogP contribution >= 0.6 is 0 Å². The molecule has 1 atom stereocenters. The number of allylic oxidation sites excluding steroid dienone is 4. The fourth-order valence-electron chi connectivity index (χ4n) is 8.07. The number of hydrogen-bond donors (Lipinski definition) is 0. The average Bonchev–Trinajstić information content (AvgIpc) is 3.74. The van der Waals surface area contributed by atoms with Crippen LogP contribution < -0.4 is 0 Å². The summed E-state index contributed by atoms with van der Waals surface area (Å²) in [4.78, 5) is 15.1. The van der Waals surface area contributed by atoms with Crippen LogP contribution in [0.5, 0.6) is 0 Å². The molecular weight excluding hydrogens is 609 g/mol. The van der Waals surface area contributed by atoms with Crippen molar-refractivity contribution in [1.29, 1.82) is 0 Å². The van der Waals surface area contributed by atoms with Crippen molar-refractivity contribution in [3.05, 3.63) is 175 Å². The van der Waals surface area contributed by atoms with Gasteiger partial charge in [0.05, 0.1) is 11.0 Å². The Morgan fingerprint density at radius 2 is 1.04 bits per heavy atom. The minimum atomic E-state index is 0.365. The quantitative estimate of drug-likeness (QED) is 0.188. The highest BCUT2D eigenvalue weighted by molar-refractivity contribution is 6.16. The molecule has 2 aromatic heterocycles. The number of nitrogens with zero attached hydrogens (tertiary/aromatic N) is 4. The Morgan fingerprint density at radius 3 is 1.76 bits per heavy atom. The molecule has 0 bridgehead atoms. The lowest BCUT2D eigenvalue weighted by atomic mass is 9.89. The highest BCUT2D eigenvalue weighted by Crippen LogP contribution is 2.49. The van der Waals surface area contributed by atoms with Gasteiger partial charge in [0.2, 0.25) is 0 Å². The highest BCUT2D eigenvalue weighted by atomic mass is 15.0. The van der Waals surface area contributed by atoms with Crippen LogP contribution in [-0.2, 0) is 6.42 Å². The van der Waals surface area contributed by atoms with Gasteiger partial charge in [0, 0.05) is 33.2 Å². The van der Waals surface area contributed by atoms with Crippen molar-refractivity contribution in [2.24, 2.45) is 5.92 Å². The van der Waals surface area contributed by atoms with Crippen molar-refractivity contribution in [2.75, 3.05) is 0 Å². The molecule has 10 rings (SSSR count). The van der Waals surface area contributed by atoms with Crippen LogP contribution in [0.4, 0.5) is 0 Å². The third-order valence-electron chi connectivity index (χ3n) is 10.3. The second-order valence-electron chi connectivity index (χ2n) is 13.2. The van der Waals surface area contributed by atoms with Crippen LogP contribution in [0, 0.1) is 5.92 Å². The maximum absolute atomic E-state index is 5.10. The Balaban J connectivity index is 1.12. The molecule has 4 nitrogen and oxygen atoms in total. The summed E-state index contributed by atoms with van der Waals surface area (Å²) in [5, 5.41) is 2.59. The predicted octanol–water partition coefficient (Wildman–Crippen LogP) is 11.1. The van der Waals surface area contributed by atoms with Crippen LogP contribution in [0.2, 0.25) is 0 Å². The van der Waals surface area contributed by atoms with E-state index in [1.165, 1.54) is 55.3 Å². The van der Waals surface area contributed by atoms with Crippen molar-refractivity contribution in [3.8, 4) is 45.3 Å². The predicted molar refractivity (Wildman–Crippen MR) is 205 cm³/mol. The van der Waals surface area contributed by atoms with Crippen LogP contribution in [0.15, 0.2) is 164 Å². The lowest BCUT2D eigenvalue weighted by Gasteiger charge is -2.22. The maximum Gasteiger partial charge on any atom is 0.164 e. The van der Waals surface area contributed by atoms with E-state index in [0.717, 1.165) is 29.5 Å². The van der Waals surface area contributed by atoms with Gasteiger partial charge in [0.1, 0.15) is 0 Å². The van der Waals surface area contributed by atoms with Gasteiger partial charge in [-0.1, -0.05) is 146 Å². The van der Waals surface area contributed by atoms with E-state index in [2.05, 4.69) is 132 Å². The Kier molecular flexibility index (Phi) is 6.66. The molecular formula is C46H32N4. The van der Waals surface area contributed by atoms with E-state index in [0.29, 0.717) is 23.4 Å². The number of hydrogen-bond acceptors (Lipinski definition) is 3. The summed E-state index contributed by atoms with van der Waals surface area (Å²) in [6.45, 7) is 0. The average molecular weight is 641 g/mol. The Bertz CT molecular complexity index is 2580. The lowest BCUT2D eigenvalue weighted by Crippen LogP contribution is -2.09. The van der Waals surface area contributed by atoms with E-state index >= 15 is 0 Å². The molecule has 0 saturated heterocycles. The largest absolute Gasteiger partial charge is 0.313 e. The molecule has 50 heavy (non-hydrogen) atoms. The lowest BCUT2D eigenvalue weighted by molar-refractivity contribution is 0.698. The maximum atomic E-state index is 5.10. The summed E-state index contributed by atoms with van der Waals surface area (Å²) in [6.07, 6.45) is 6.64. The number of fused-ring (bicyclic) bond motifs is 6. The number of rotatable bonds is 5. The van der Waals surface area contributed by atoms with Gasteiger partial charge in [-0.15, -0.1) is 0 Å². The smallest absolute Gasteiger partial charge is 0.164 e. The van der Waals surface area contributed by atoms with Gasteiger partial charge in [-0.2, -0.15) is 0 Å². The zero-order chi connectivity index (χ0) is 33.0. The van der Waals surface area contributed by atoms with Gasteiger partial charge < -0.3 is 4.57 Å². The molecule has 2 aliphatic carbocycles. The molecule has 0 radical (unpaired) electrons. The summed E-state index contributed by atoms with van der Waals surface area (Å²) in [7, 11) is 0. The molecule has 236 valence electrons. The van der Waals surface area contributed by atoms with Gasteiger partial charge in [0.25, 0.3) is 0 Å². The molecule has 0 fully saturated rings. The molecule has 0 spiro atoms. The second-order valence-corrected chi connectivity index (χ2v) is 13.2. The fourth-order valence-corrected chi connectivity index (χ4v) is 8.07. The standard InChI is InChI=1S/C46H32N4/c1-4-14-30(15-5-1)36-22-13-25-41-43(36)38-21-10-11-24-40(38)50(41)35-26-27-37-34(29-35)28-33-20-12-23-39(42(33)37)46-48-44(31-16-6-2-7-17-31)47-45(49-46)32-18-8-3-9-19-32/h1-27,34H,28-29H2. The van der Waals surface area contributed by atoms with Crippen LogP contribution in [0.1, 0.15) is 17.5 Å². The molecule has 2 aliphatic rings. The van der Waals surface area contributed by atoms with E-state index in [1.54, 1.807) is 0 Å². The molecule has 1 unspecified atom stereocenters. The molecule has 6 aromatic carbocycles. The van der Waals surface area contributed by atoms with Crippen LogP contribution in [0.25, 0.3) is 78.4 Å². The molecule has 8 aromatic rings. The van der Waals surface area contributed by atoms with Crippen molar-refractivity contribution in [1.82, 2.24) is 19.5 Å². The van der Waals surface area contributed by atoms with E-state index in [1.807, 2.05) is 36.4 Å². The van der Waals surface area contributed by atoms with Gasteiger partial charge in [-0.05, 0) is 64.8 Å². The first kappa shape index (κ1) is 28.6.